The van der Waals surface area contributed by atoms with Crippen LogP contribution in [-0.2, 0) is 15.0 Å². The van der Waals surface area contributed by atoms with Crippen molar-refractivity contribution in [2.45, 2.75) is 27.2 Å². The Balaban J connectivity index is 3.18. The van der Waals surface area contributed by atoms with Crippen LogP contribution in [0.1, 0.15) is 25.8 Å². The maximum atomic E-state index is 12.6. The fourth-order valence-corrected chi connectivity index (χ4v) is 3.62. The number of hydrogen-bond donors (Lipinski definition) is 1. The van der Waals surface area contributed by atoms with Crippen molar-refractivity contribution in [3.8, 4) is 0 Å². The van der Waals surface area contributed by atoms with Crippen LogP contribution in [0, 0.1) is 6.92 Å². The Morgan fingerprint density at radius 3 is 2.10 bits per heavy atom. The third-order valence-electron chi connectivity index (χ3n) is 3.16. The number of hydrogen-bond acceptors (Lipinski definition) is 3. The van der Waals surface area contributed by atoms with Crippen LogP contribution in [0.25, 0.3) is 0 Å². The summed E-state index contributed by atoms with van der Waals surface area (Å²) in [5.74, 6) is -1.03. The molecule has 1 rings (SSSR count). The zero-order valence-electron chi connectivity index (χ0n) is 12.6. The number of rotatable bonds is 8. The highest BCUT2D eigenvalue weighted by atomic mass is 32.2. The van der Waals surface area contributed by atoms with Crippen LogP contribution in [0.4, 0.5) is 5.69 Å². The lowest BCUT2D eigenvalue weighted by Gasteiger charge is -2.29. The Morgan fingerprint density at radius 1 is 1.14 bits per heavy atom. The molecule has 1 N–H and O–H groups in total. The topological polar surface area (TPSA) is 77.9 Å². The van der Waals surface area contributed by atoms with Crippen LogP contribution < -0.4 is 4.31 Å². The summed E-state index contributed by atoms with van der Waals surface area (Å²) in [4.78, 5) is 10.8. The second-order valence-electron chi connectivity index (χ2n) is 4.64. The predicted octanol–water partition coefficient (Wildman–Crippen LogP) is 1.86. The van der Waals surface area contributed by atoms with Gasteiger partial charge in [0.1, 0.15) is 0 Å². The van der Waals surface area contributed by atoms with Gasteiger partial charge in [0.2, 0.25) is 0 Å². The molecule has 0 unspecified atom stereocenters. The molecule has 118 valence electrons. The van der Waals surface area contributed by atoms with Gasteiger partial charge in [0.15, 0.2) is 0 Å². The summed E-state index contributed by atoms with van der Waals surface area (Å²) in [5, 5.41) is 8.84. The lowest BCUT2D eigenvalue weighted by molar-refractivity contribution is -0.136. The Bertz CT molecular complexity index is 565. The molecule has 0 spiro atoms. The molecule has 6 nitrogen and oxygen atoms in total. The number of aliphatic carboxylic acids is 1. The summed E-state index contributed by atoms with van der Waals surface area (Å²) in [5.41, 5.74) is 1.49. The average molecular weight is 314 g/mol. The molecule has 1 aromatic rings. The minimum Gasteiger partial charge on any atom is -0.481 e. The molecule has 0 heterocycles. The smallest absolute Gasteiger partial charge is 0.305 e. The summed E-state index contributed by atoms with van der Waals surface area (Å²) in [6.45, 7) is 6.02. The molecule has 7 heteroatoms. The first-order valence-corrected chi connectivity index (χ1v) is 8.28. The van der Waals surface area contributed by atoms with E-state index >= 15 is 0 Å². The highest BCUT2D eigenvalue weighted by Crippen LogP contribution is 2.21. The van der Waals surface area contributed by atoms with E-state index in [-0.39, 0.29) is 13.0 Å². The van der Waals surface area contributed by atoms with Crippen molar-refractivity contribution in [2.75, 3.05) is 23.9 Å². The molecular formula is C14H22N2O4S. The van der Waals surface area contributed by atoms with Gasteiger partial charge in [0.25, 0.3) is 0 Å². The maximum absolute atomic E-state index is 12.6. The van der Waals surface area contributed by atoms with Gasteiger partial charge in [-0.2, -0.15) is 12.7 Å². The molecule has 1 aromatic carbocycles. The molecular weight excluding hydrogens is 292 g/mol. The SMILES string of the molecule is CCN(CC)S(=O)(=O)N(CCC(=O)O)c1ccc(C)cc1. The average Bonchev–Trinajstić information content (AvgIpc) is 2.41. The summed E-state index contributed by atoms with van der Waals surface area (Å²) in [6.07, 6.45) is -0.242. The standard InChI is InChI=1S/C14H22N2O4S/c1-4-15(5-2)21(19,20)16(11-10-14(17)18)13-8-6-12(3)7-9-13/h6-9H,4-5,10-11H2,1-3H3,(H,17,18). The third kappa shape index (κ3) is 4.44. The van der Waals surface area contributed by atoms with Gasteiger partial charge in [-0.15, -0.1) is 0 Å². The van der Waals surface area contributed by atoms with Crippen LogP contribution in [0.15, 0.2) is 24.3 Å². The number of benzene rings is 1. The van der Waals surface area contributed by atoms with Crippen molar-refractivity contribution in [3.63, 3.8) is 0 Å². The van der Waals surface area contributed by atoms with Crippen molar-refractivity contribution in [1.82, 2.24) is 4.31 Å². The van der Waals surface area contributed by atoms with E-state index < -0.39 is 16.2 Å². The van der Waals surface area contributed by atoms with Crippen LogP contribution >= 0.6 is 0 Å². The second-order valence-corrected chi connectivity index (χ2v) is 6.50. The van der Waals surface area contributed by atoms with E-state index in [9.17, 15) is 13.2 Å². The van der Waals surface area contributed by atoms with E-state index in [0.29, 0.717) is 18.8 Å². The molecule has 0 atom stereocenters. The summed E-state index contributed by atoms with van der Waals surface area (Å²) >= 11 is 0. The van der Waals surface area contributed by atoms with Crippen molar-refractivity contribution in [2.24, 2.45) is 0 Å². The normalized spacial score (nSPS) is 11.6. The molecule has 0 saturated carbocycles. The minimum absolute atomic E-state index is 0.0861. The molecule has 0 aliphatic carbocycles. The third-order valence-corrected chi connectivity index (χ3v) is 5.28. The van der Waals surface area contributed by atoms with E-state index in [1.54, 1.807) is 38.1 Å². The van der Waals surface area contributed by atoms with Gasteiger partial charge in [0.05, 0.1) is 12.1 Å². The molecule has 0 radical (unpaired) electrons. The molecule has 0 saturated heterocycles. The van der Waals surface area contributed by atoms with E-state index in [0.717, 1.165) is 9.87 Å². The fraction of sp³-hybridized carbons (Fsp3) is 0.500. The molecule has 0 bridgehead atoms. The first kappa shape index (κ1) is 17.5. The molecule has 0 fully saturated rings. The molecule has 0 aromatic heterocycles. The number of carboxylic acid groups (broad SMARTS) is 1. The minimum atomic E-state index is -3.72. The summed E-state index contributed by atoms with van der Waals surface area (Å²) < 4.78 is 27.8. The monoisotopic (exact) mass is 314 g/mol. The lowest BCUT2D eigenvalue weighted by Crippen LogP contribution is -2.44. The van der Waals surface area contributed by atoms with Crippen LogP contribution in [0.3, 0.4) is 0 Å². The van der Waals surface area contributed by atoms with E-state index in [2.05, 4.69) is 0 Å². The molecule has 0 aliphatic rings. The largest absolute Gasteiger partial charge is 0.481 e. The van der Waals surface area contributed by atoms with Crippen LogP contribution in [-0.4, -0.2) is 43.4 Å². The van der Waals surface area contributed by atoms with Crippen LogP contribution in [0.5, 0.6) is 0 Å². The van der Waals surface area contributed by atoms with Crippen LogP contribution in [0.2, 0.25) is 0 Å². The summed E-state index contributed by atoms with van der Waals surface area (Å²) in [6, 6.07) is 7.00. The lowest BCUT2D eigenvalue weighted by atomic mass is 10.2. The number of carboxylic acids is 1. The number of carbonyl (C=O) groups is 1. The van der Waals surface area contributed by atoms with Gasteiger partial charge < -0.3 is 5.11 Å². The zero-order valence-corrected chi connectivity index (χ0v) is 13.4. The Morgan fingerprint density at radius 2 is 1.67 bits per heavy atom. The number of nitrogens with zero attached hydrogens (tertiary/aromatic N) is 2. The van der Waals surface area contributed by atoms with Crippen molar-refractivity contribution >= 4 is 21.9 Å². The van der Waals surface area contributed by atoms with Crippen molar-refractivity contribution in [1.29, 1.82) is 0 Å². The maximum Gasteiger partial charge on any atom is 0.305 e. The predicted molar refractivity (Wildman–Crippen MR) is 82.6 cm³/mol. The van der Waals surface area contributed by atoms with Crippen molar-refractivity contribution < 1.29 is 18.3 Å². The van der Waals surface area contributed by atoms with Gasteiger partial charge >= 0.3 is 16.2 Å². The fourth-order valence-electron chi connectivity index (χ4n) is 1.98. The highest BCUT2D eigenvalue weighted by molar-refractivity contribution is 7.90. The first-order valence-electron chi connectivity index (χ1n) is 6.89. The second kappa shape index (κ2) is 7.42. The Hall–Kier alpha value is -1.60. The number of anilines is 1. The van der Waals surface area contributed by atoms with Gasteiger partial charge in [-0.05, 0) is 19.1 Å². The number of aryl methyl sites for hydroxylation is 1. The Labute approximate surface area is 126 Å². The van der Waals surface area contributed by atoms with Gasteiger partial charge in [0, 0.05) is 19.6 Å². The van der Waals surface area contributed by atoms with E-state index in [1.807, 2.05) is 6.92 Å². The van der Waals surface area contributed by atoms with Crippen molar-refractivity contribution in [3.05, 3.63) is 29.8 Å². The van der Waals surface area contributed by atoms with E-state index in [4.69, 9.17) is 5.11 Å². The van der Waals surface area contributed by atoms with Gasteiger partial charge in [-0.3, -0.25) is 9.10 Å². The first-order chi connectivity index (χ1) is 9.82. The molecule has 0 amide bonds. The van der Waals surface area contributed by atoms with Gasteiger partial charge in [-0.25, -0.2) is 0 Å². The summed E-state index contributed by atoms with van der Waals surface area (Å²) in [7, 11) is -3.72. The molecule has 0 aliphatic heterocycles. The Kier molecular flexibility index (Phi) is 6.17. The highest BCUT2D eigenvalue weighted by Gasteiger charge is 2.28. The molecule has 21 heavy (non-hydrogen) atoms. The quantitative estimate of drug-likeness (QED) is 0.794. The van der Waals surface area contributed by atoms with E-state index in [1.165, 1.54) is 4.31 Å². The van der Waals surface area contributed by atoms with Gasteiger partial charge in [-0.1, -0.05) is 31.5 Å². The zero-order chi connectivity index (χ0) is 16.0.